The first kappa shape index (κ1) is 18.5. The maximum Gasteiger partial charge on any atom is 0.328 e. The van der Waals surface area contributed by atoms with Gasteiger partial charge in [0.05, 0.1) is 19.2 Å². The van der Waals surface area contributed by atoms with E-state index >= 15 is 0 Å². The Hall–Kier alpha value is -1.53. The summed E-state index contributed by atoms with van der Waals surface area (Å²) in [7, 11) is 1.30. The highest BCUT2D eigenvalue weighted by molar-refractivity contribution is 5.96. The van der Waals surface area contributed by atoms with E-state index in [9.17, 15) is 9.59 Å². The average molecular weight is 305 g/mol. The number of ether oxygens (including phenoxy) is 1. The van der Waals surface area contributed by atoms with Crippen LogP contribution in [0, 0.1) is 5.92 Å². The fourth-order valence-electron chi connectivity index (χ4n) is 1.63. The second-order valence-electron chi connectivity index (χ2n) is 4.37. The zero-order valence-corrected chi connectivity index (χ0v) is 12.7. The topological polar surface area (TPSA) is 94.6 Å². The molecule has 0 aliphatic carbocycles. The van der Waals surface area contributed by atoms with Crippen LogP contribution in [0.15, 0.2) is 16.7 Å². The van der Waals surface area contributed by atoms with Crippen LogP contribution in [0.1, 0.15) is 36.4 Å². The van der Waals surface area contributed by atoms with Crippen LogP contribution in [0.2, 0.25) is 0 Å². The summed E-state index contributed by atoms with van der Waals surface area (Å²) in [5.74, 6) is -0.329. The van der Waals surface area contributed by atoms with Crippen LogP contribution in [-0.4, -0.2) is 25.0 Å². The van der Waals surface area contributed by atoms with Crippen LogP contribution in [0.4, 0.5) is 0 Å². The van der Waals surface area contributed by atoms with Gasteiger partial charge < -0.3 is 20.2 Å². The number of methoxy groups -OCH3 is 1. The maximum atomic E-state index is 12.0. The highest BCUT2D eigenvalue weighted by Crippen LogP contribution is 2.12. The van der Waals surface area contributed by atoms with Gasteiger partial charge in [-0.05, 0) is 12.0 Å². The standard InChI is InChI=1S/C13H20N2O4.ClH/c1-4-8(2)11(13(17)18-3)15-12(16)9-5-10(6-14)19-7-9;/h5,7-8,11H,4,6,14H2,1-3H3,(H,15,16);1H/t8-,11-;/m0./s1. The van der Waals surface area contributed by atoms with Gasteiger partial charge in [0.1, 0.15) is 18.1 Å². The summed E-state index contributed by atoms with van der Waals surface area (Å²) < 4.78 is 9.79. The summed E-state index contributed by atoms with van der Waals surface area (Å²) in [6, 6.07) is 0.888. The average Bonchev–Trinajstić information content (AvgIpc) is 2.91. The smallest absolute Gasteiger partial charge is 0.328 e. The number of nitrogens with two attached hydrogens (primary N) is 1. The van der Waals surface area contributed by atoms with Gasteiger partial charge in [-0.2, -0.15) is 0 Å². The molecule has 6 nitrogen and oxygen atoms in total. The van der Waals surface area contributed by atoms with Crippen molar-refractivity contribution in [2.45, 2.75) is 32.9 Å². The summed E-state index contributed by atoms with van der Waals surface area (Å²) in [6.07, 6.45) is 2.07. The third-order valence-electron chi connectivity index (χ3n) is 3.07. The van der Waals surface area contributed by atoms with Gasteiger partial charge in [-0.15, -0.1) is 12.4 Å². The predicted octanol–water partition coefficient (Wildman–Crippen LogP) is 1.48. The highest BCUT2D eigenvalue weighted by Gasteiger charge is 2.27. The van der Waals surface area contributed by atoms with Gasteiger partial charge in [0.2, 0.25) is 0 Å². The van der Waals surface area contributed by atoms with Crippen molar-refractivity contribution in [3.8, 4) is 0 Å². The lowest BCUT2D eigenvalue weighted by Crippen LogP contribution is -2.45. The van der Waals surface area contributed by atoms with E-state index in [1.54, 1.807) is 6.07 Å². The third-order valence-corrected chi connectivity index (χ3v) is 3.07. The Balaban J connectivity index is 0.00000361. The van der Waals surface area contributed by atoms with E-state index < -0.39 is 12.0 Å². The number of esters is 1. The van der Waals surface area contributed by atoms with Gasteiger partial charge in [-0.3, -0.25) is 4.79 Å². The molecular formula is C13H21ClN2O4. The minimum atomic E-state index is -0.668. The molecule has 0 unspecified atom stereocenters. The number of hydrogen-bond acceptors (Lipinski definition) is 5. The molecule has 0 bridgehead atoms. The first-order chi connectivity index (χ1) is 9.03. The number of nitrogens with one attached hydrogen (secondary N) is 1. The molecule has 1 aromatic rings. The van der Waals surface area contributed by atoms with Gasteiger partial charge in [0.15, 0.2) is 0 Å². The number of carbonyl (C=O) groups excluding carboxylic acids is 2. The van der Waals surface area contributed by atoms with Crippen molar-refractivity contribution >= 4 is 24.3 Å². The largest absolute Gasteiger partial charge is 0.467 e. The zero-order valence-electron chi connectivity index (χ0n) is 11.8. The third kappa shape index (κ3) is 4.54. The van der Waals surface area contributed by atoms with Gasteiger partial charge in [-0.25, -0.2) is 4.79 Å². The fraction of sp³-hybridized carbons (Fsp3) is 0.538. The molecule has 0 aliphatic heterocycles. The van der Waals surface area contributed by atoms with Crippen molar-refractivity contribution in [3.05, 3.63) is 23.7 Å². The number of halogens is 1. The van der Waals surface area contributed by atoms with Gasteiger partial charge in [0, 0.05) is 0 Å². The normalized spacial score (nSPS) is 13.0. The molecule has 1 aromatic heterocycles. The monoisotopic (exact) mass is 304 g/mol. The summed E-state index contributed by atoms with van der Waals surface area (Å²) in [5.41, 5.74) is 5.75. The summed E-state index contributed by atoms with van der Waals surface area (Å²) in [4.78, 5) is 23.7. The molecule has 3 N–H and O–H groups in total. The molecule has 7 heteroatoms. The summed E-state index contributed by atoms with van der Waals surface area (Å²) >= 11 is 0. The number of carbonyl (C=O) groups is 2. The van der Waals surface area contributed by atoms with E-state index in [2.05, 4.69) is 5.32 Å². The Labute approximate surface area is 124 Å². The van der Waals surface area contributed by atoms with E-state index in [1.807, 2.05) is 13.8 Å². The molecule has 0 aromatic carbocycles. The molecule has 114 valence electrons. The SMILES string of the molecule is CC[C@H](C)[C@H](NC(=O)c1coc(CN)c1)C(=O)OC.Cl. The van der Waals surface area contributed by atoms with Crippen LogP contribution in [0.3, 0.4) is 0 Å². The van der Waals surface area contributed by atoms with Crippen molar-refractivity contribution in [3.63, 3.8) is 0 Å². The molecule has 0 saturated carbocycles. The number of hydrogen-bond donors (Lipinski definition) is 2. The second kappa shape index (κ2) is 8.60. The number of amides is 1. The highest BCUT2D eigenvalue weighted by atomic mass is 35.5. The minimum absolute atomic E-state index is 0. The Kier molecular flexibility index (Phi) is 7.94. The molecule has 20 heavy (non-hydrogen) atoms. The maximum absolute atomic E-state index is 12.0. The zero-order chi connectivity index (χ0) is 14.4. The van der Waals surface area contributed by atoms with Gasteiger partial charge in [0.25, 0.3) is 5.91 Å². The number of rotatable bonds is 6. The van der Waals surface area contributed by atoms with E-state index in [1.165, 1.54) is 13.4 Å². The summed E-state index contributed by atoms with van der Waals surface area (Å²) in [6.45, 7) is 4.04. The van der Waals surface area contributed by atoms with Crippen LogP contribution in [0.5, 0.6) is 0 Å². The molecule has 0 aliphatic rings. The van der Waals surface area contributed by atoms with Gasteiger partial charge >= 0.3 is 5.97 Å². The van der Waals surface area contributed by atoms with Crippen LogP contribution in [0.25, 0.3) is 0 Å². The Morgan fingerprint density at radius 1 is 1.50 bits per heavy atom. The van der Waals surface area contributed by atoms with E-state index in [0.29, 0.717) is 11.3 Å². The molecule has 0 saturated heterocycles. The number of furan rings is 1. The van der Waals surface area contributed by atoms with Crippen LogP contribution >= 0.6 is 12.4 Å². The van der Waals surface area contributed by atoms with Crippen molar-refractivity contribution in [2.75, 3.05) is 7.11 Å². The molecule has 0 radical (unpaired) electrons. The molecule has 1 heterocycles. The van der Waals surface area contributed by atoms with Crippen molar-refractivity contribution in [1.82, 2.24) is 5.32 Å². The predicted molar refractivity (Wildman–Crippen MR) is 76.6 cm³/mol. The Bertz CT molecular complexity index is 447. The molecular weight excluding hydrogens is 284 g/mol. The quantitative estimate of drug-likeness (QED) is 0.776. The molecule has 2 atom stereocenters. The van der Waals surface area contributed by atoms with E-state index in [-0.39, 0.29) is 30.8 Å². The molecule has 0 spiro atoms. The molecule has 1 rings (SSSR count). The lowest BCUT2D eigenvalue weighted by molar-refractivity contribution is -0.144. The van der Waals surface area contributed by atoms with Crippen molar-refractivity contribution < 1.29 is 18.7 Å². The molecule has 0 fully saturated rings. The fourth-order valence-corrected chi connectivity index (χ4v) is 1.63. The van der Waals surface area contributed by atoms with E-state index in [0.717, 1.165) is 6.42 Å². The first-order valence-electron chi connectivity index (χ1n) is 6.19. The summed E-state index contributed by atoms with van der Waals surface area (Å²) in [5, 5.41) is 2.66. The minimum Gasteiger partial charge on any atom is -0.467 e. The van der Waals surface area contributed by atoms with Crippen LogP contribution in [-0.2, 0) is 16.1 Å². The van der Waals surface area contributed by atoms with Gasteiger partial charge in [-0.1, -0.05) is 20.3 Å². The lowest BCUT2D eigenvalue weighted by atomic mass is 9.99. The lowest BCUT2D eigenvalue weighted by Gasteiger charge is -2.21. The van der Waals surface area contributed by atoms with Crippen molar-refractivity contribution in [2.24, 2.45) is 11.7 Å². The van der Waals surface area contributed by atoms with Crippen molar-refractivity contribution in [1.29, 1.82) is 0 Å². The Morgan fingerprint density at radius 2 is 2.15 bits per heavy atom. The second-order valence-corrected chi connectivity index (χ2v) is 4.37. The van der Waals surface area contributed by atoms with E-state index in [4.69, 9.17) is 14.9 Å². The molecule has 1 amide bonds. The first-order valence-corrected chi connectivity index (χ1v) is 6.19. The Morgan fingerprint density at radius 3 is 2.60 bits per heavy atom. The van der Waals surface area contributed by atoms with Crippen LogP contribution < -0.4 is 11.1 Å².